The van der Waals surface area contributed by atoms with Crippen LogP contribution in [0.25, 0.3) is 0 Å². The molecule has 1 unspecified atom stereocenters. The summed E-state index contributed by atoms with van der Waals surface area (Å²) in [6, 6.07) is 12.3. The Bertz CT molecular complexity index is 554. The van der Waals surface area contributed by atoms with E-state index in [1.54, 1.807) is 7.11 Å². The summed E-state index contributed by atoms with van der Waals surface area (Å²) in [5.41, 5.74) is 2.36. The van der Waals surface area contributed by atoms with E-state index in [0.717, 1.165) is 17.9 Å². The first kappa shape index (κ1) is 12.0. The lowest BCUT2D eigenvalue weighted by Gasteiger charge is -2.11. The van der Waals surface area contributed by atoms with Gasteiger partial charge in [-0.05, 0) is 11.6 Å². The van der Waals surface area contributed by atoms with Crippen LogP contribution in [0, 0.1) is 0 Å². The Hall–Kier alpha value is -2.07. The molecule has 0 spiro atoms. The van der Waals surface area contributed by atoms with Crippen LogP contribution in [0.4, 0.5) is 0 Å². The van der Waals surface area contributed by atoms with Crippen molar-refractivity contribution in [3.63, 3.8) is 0 Å². The van der Waals surface area contributed by atoms with Crippen LogP contribution in [0.3, 0.4) is 0 Å². The zero-order chi connectivity index (χ0) is 13.1. The fourth-order valence-corrected chi connectivity index (χ4v) is 2.21. The molecular formula is C15H16N2O2. The van der Waals surface area contributed by atoms with Gasteiger partial charge in [0.2, 0.25) is 5.88 Å². The van der Waals surface area contributed by atoms with Gasteiger partial charge in [0.1, 0.15) is 12.4 Å². The highest BCUT2D eigenvalue weighted by atomic mass is 16.5. The van der Waals surface area contributed by atoms with Gasteiger partial charge in [0.05, 0.1) is 13.2 Å². The van der Waals surface area contributed by atoms with Gasteiger partial charge in [0, 0.05) is 24.4 Å². The van der Waals surface area contributed by atoms with Crippen molar-refractivity contribution in [1.82, 2.24) is 10.3 Å². The van der Waals surface area contributed by atoms with Gasteiger partial charge in [-0.2, -0.15) is 0 Å². The van der Waals surface area contributed by atoms with Crippen molar-refractivity contribution < 1.29 is 9.47 Å². The van der Waals surface area contributed by atoms with Crippen molar-refractivity contribution >= 4 is 0 Å². The Balaban J connectivity index is 1.64. The maximum absolute atomic E-state index is 5.64. The molecule has 2 aromatic rings. The van der Waals surface area contributed by atoms with Crippen LogP contribution < -0.4 is 14.8 Å². The van der Waals surface area contributed by atoms with Crippen molar-refractivity contribution in [3.05, 3.63) is 53.7 Å². The third kappa shape index (κ3) is 2.53. The fraction of sp³-hybridized carbons (Fsp3) is 0.267. The topological polar surface area (TPSA) is 43.4 Å². The first-order chi connectivity index (χ1) is 9.36. The summed E-state index contributed by atoms with van der Waals surface area (Å²) in [4.78, 5) is 4.19. The molecule has 1 aromatic carbocycles. The number of hydrogen-bond acceptors (Lipinski definition) is 4. The number of ether oxygens (including phenoxy) is 2. The number of nitrogens with zero attached hydrogens (tertiary/aromatic N) is 1. The number of fused-ring (bicyclic) bond motifs is 1. The maximum Gasteiger partial charge on any atom is 0.212 e. The van der Waals surface area contributed by atoms with E-state index in [0.29, 0.717) is 12.5 Å². The van der Waals surface area contributed by atoms with E-state index in [-0.39, 0.29) is 6.04 Å². The molecule has 19 heavy (non-hydrogen) atoms. The number of rotatable bonds is 4. The van der Waals surface area contributed by atoms with Crippen LogP contribution in [0.15, 0.2) is 42.6 Å². The number of methoxy groups -OCH3 is 1. The predicted molar refractivity (Wildman–Crippen MR) is 72.3 cm³/mol. The van der Waals surface area contributed by atoms with Crippen LogP contribution in [-0.4, -0.2) is 18.7 Å². The highest BCUT2D eigenvalue weighted by molar-refractivity contribution is 5.39. The molecule has 4 nitrogen and oxygen atoms in total. The first-order valence-electron chi connectivity index (χ1n) is 6.31. The second kappa shape index (κ2) is 5.28. The second-order valence-corrected chi connectivity index (χ2v) is 4.49. The highest BCUT2D eigenvalue weighted by Gasteiger charge is 2.22. The number of nitrogens with one attached hydrogen (secondary N) is 1. The molecular weight excluding hydrogens is 240 g/mol. The van der Waals surface area contributed by atoms with E-state index in [2.05, 4.69) is 16.4 Å². The molecule has 0 fully saturated rings. The van der Waals surface area contributed by atoms with E-state index >= 15 is 0 Å². The highest BCUT2D eigenvalue weighted by Crippen LogP contribution is 2.31. The molecule has 0 saturated carbocycles. The van der Waals surface area contributed by atoms with E-state index in [4.69, 9.17) is 9.47 Å². The molecule has 0 saturated heterocycles. The lowest BCUT2D eigenvalue weighted by Crippen LogP contribution is -2.22. The van der Waals surface area contributed by atoms with Gasteiger partial charge in [-0.15, -0.1) is 0 Å². The summed E-state index contributed by atoms with van der Waals surface area (Å²) in [5.74, 6) is 1.62. The third-order valence-electron chi connectivity index (χ3n) is 3.26. The largest absolute Gasteiger partial charge is 0.491 e. The molecule has 1 aromatic heterocycles. The zero-order valence-corrected chi connectivity index (χ0v) is 10.8. The van der Waals surface area contributed by atoms with Crippen molar-refractivity contribution in [1.29, 1.82) is 0 Å². The molecule has 1 N–H and O–H groups in total. The Kier molecular flexibility index (Phi) is 3.33. The van der Waals surface area contributed by atoms with Crippen molar-refractivity contribution in [2.45, 2.75) is 12.6 Å². The van der Waals surface area contributed by atoms with Crippen molar-refractivity contribution in [2.24, 2.45) is 0 Å². The van der Waals surface area contributed by atoms with Crippen LogP contribution in [0.2, 0.25) is 0 Å². The summed E-state index contributed by atoms with van der Waals surface area (Å²) >= 11 is 0. The van der Waals surface area contributed by atoms with E-state index in [1.807, 2.05) is 36.5 Å². The monoisotopic (exact) mass is 256 g/mol. The summed E-state index contributed by atoms with van der Waals surface area (Å²) in [6.45, 7) is 1.45. The smallest absolute Gasteiger partial charge is 0.212 e. The van der Waals surface area contributed by atoms with E-state index < -0.39 is 0 Å². The minimum Gasteiger partial charge on any atom is -0.491 e. The molecule has 0 amide bonds. The van der Waals surface area contributed by atoms with Gasteiger partial charge in [-0.3, -0.25) is 0 Å². The molecule has 0 bridgehead atoms. The van der Waals surface area contributed by atoms with E-state index in [1.165, 1.54) is 5.56 Å². The number of para-hydroxylation sites is 1. The van der Waals surface area contributed by atoms with Crippen molar-refractivity contribution in [3.8, 4) is 11.6 Å². The molecule has 4 heteroatoms. The Morgan fingerprint density at radius 3 is 3.00 bits per heavy atom. The Labute approximate surface area is 112 Å². The quantitative estimate of drug-likeness (QED) is 0.911. The molecule has 1 atom stereocenters. The number of aromatic nitrogens is 1. The first-order valence-corrected chi connectivity index (χ1v) is 6.31. The van der Waals surface area contributed by atoms with Crippen molar-refractivity contribution in [2.75, 3.05) is 13.7 Å². The molecule has 98 valence electrons. The molecule has 1 aliphatic rings. The lowest BCUT2D eigenvalue weighted by molar-refractivity contribution is 0.310. The minimum atomic E-state index is 0.248. The average Bonchev–Trinajstić information content (AvgIpc) is 2.89. The van der Waals surface area contributed by atoms with Crippen LogP contribution >= 0.6 is 0 Å². The van der Waals surface area contributed by atoms with Gasteiger partial charge in [-0.25, -0.2) is 4.98 Å². The summed E-state index contributed by atoms with van der Waals surface area (Å²) in [5, 5.41) is 3.49. The van der Waals surface area contributed by atoms with Gasteiger partial charge in [0.15, 0.2) is 0 Å². The van der Waals surface area contributed by atoms with Gasteiger partial charge in [0.25, 0.3) is 0 Å². The SMILES string of the molecule is COc1ccc(CNC2COc3ccccc32)cn1. The standard InChI is InChI=1S/C15H16N2O2/c1-18-15-7-6-11(9-17-15)8-16-13-10-19-14-5-3-2-4-12(13)14/h2-7,9,13,16H,8,10H2,1H3. The van der Waals surface area contributed by atoms with Crippen LogP contribution in [0.1, 0.15) is 17.2 Å². The van der Waals surface area contributed by atoms with Crippen LogP contribution in [-0.2, 0) is 6.54 Å². The van der Waals surface area contributed by atoms with Gasteiger partial charge in [-0.1, -0.05) is 24.3 Å². The zero-order valence-electron chi connectivity index (χ0n) is 10.8. The lowest BCUT2D eigenvalue weighted by atomic mass is 10.1. The molecule has 0 aliphatic carbocycles. The molecule has 3 rings (SSSR count). The van der Waals surface area contributed by atoms with E-state index in [9.17, 15) is 0 Å². The van der Waals surface area contributed by atoms with Gasteiger partial charge < -0.3 is 14.8 Å². The van der Waals surface area contributed by atoms with Crippen LogP contribution in [0.5, 0.6) is 11.6 Å². The number of benzene rings is 1. The normalized spacial score (nSPS) is 16.8. The molecule has 2 heterocycles. The fourth-order valence-electron chi connectivity index (χ4n) is 2.21. The summed E-state index contributed by atoms with van der Waals surface area (Å²) < 4.78 is 10.7. The predicted octanol–water partition coefficient (Wildman–Crippen LogP) is 2.31. The van der Waals surface area contributed by atoms with Gasteiger partial charge >= 0.3 is 0 Å². The molecule has 1 aliphatic heterocycles. The minimum absolute atomic E-state index is 0.248. The third-order valence-corrected chi connectivity index (χ3v) is 3.26. The maximum atomic E-state index is 5.64. The summed E-state index contributed by atoms with van der Waals surface area (Å²) in [7, 11) is 1.62. The summed E-state index contributed by atoms with van der Waals surface area (Å²) in [6.07, 6.45) is 1.83. The number of hydrogen-bond donors (Lipinski definition) is 1. The average molecular weight is 256 g/mol. The Morgan fingerprint density at radius 2 is 2.21 bits per heavy atom. The second-order valence-electron chi connectivity index (χ2n) is 4.49. The Morgan fingerprint density at radius 1 is 1.32 bits per heavy atom. The molecule has 0 radical (unpaired) electrons. The number of pyridine rings is 1.